The second kappa shape index (κ2) is 7.51. The van der Waals surface area contributed by atoms with Gasteiger partial charge in [0, 0.05) is 21.8 Å². The van der Waals surface area contributed by atoms with Gasteiger partial charge in [-0.25, -0.2) is 4.98 Å². The van der Waals surface area contributed by atoms with Crippen molar-refractivity contribution in [2.75, 3.05) is 5.32 Å². The van der Waals surface area contributed by atoms with Crippen LogP contribution in [0.1, 0.15) is 15.9 Å². The van der Waals surface area contributed by atoms with E-state index in [1.807, 2.05) is 55.5 Å². The van der Waals surface area contributed by atoms with Gasteiger partial charge in [0.15, 0.2) is 0 Å². The summed E-state index contributed by atoms with van der Waals surface area (Å²) in [5, 5.41) is 4.20. The molecule has 0 spiro atoms. The van der Waals surface area contributed by atoms with E-state index in [9.17, 15) is 4.79 Å². The Bertz CT molecular complexity index is 865. The van der Waals surface area contributed by atoms with E-state index in [1.165, 1.54) is 11.8 Å². The van der Waals surface area contributed by atoms with Crippen LogP contribution in [0.5, 0.6) is 0 Å². The number of halogens is 1. The summed E-state index contributed by atoms with van der Waals surface area (Å²) in [4.78, 5) is 17.9. The van der Waals surface area contributed by atoms with Crippen LogP contribution in [0.4, 0.5) is 5.69 Å². The van der Waals surface area contributed by atoms with E-state index in [4.69, 9.17) is 11.6 Å². The fraction of sp³-hybridized carbons (Fsp3) is 0.0526. The summed E-state index contributed by atoms with van der Waals surface area (Å²) in [6.45, 7) is 2.01. The zero-order valence-electron chi connectivity index (χ0n) is 13.0. The van der Waals surface area contributed by atoms with Crippen molar-refractivity contribution in [1.29, 1.82) is 0 Å². The maximum atomic E-state index is 12.6. The second-order valence-electron chi connectivity index (χ2n) is 5.24. The van der Waals surface area contributed by atoms with Gasteiger partial charge in [-0.05, 0) is 49.4 Å². The molecule has 1 heterocycles. The van der Waals surface area contributed by atoms with Gasteiger partial charge in [0.2, 0.25) is 0 Å². The molecule has 0 aliphatic heterocycles. The van der Waals surface area contributed by atoms with Crippen LogP contribution in [0.2, 0.25) is 5.02 Å². The lowest BCUT2D eigenvalue weighted by Crippen LogP contribution is -2.13. The number of aryl methyl sites for hydroxylation is 1. The topological polar surface area (TPSA) is 42.0 Å². The van der Waals surface area contributed by atoms with E-state index in [-0.39, 0.29) is 5.91 Å². The second-order valence-corrected chi connectivity index (χ2v) is 6.73. The fourth-order valence-corrected chi connectivity index (χ4v) is 3.32. The van der Waals surface area contributed by atoms with E-state index in [0.717, 1.165) is 16.1 Å². The Kier molecular flexibility index (Phi) is 5.18. The molecule has 1 N–H and O–H groups in total. The first-order valence-electron chi connectivity index (χ1n) is 7.38. The number of nitrogens with one attached hydrogen (secondary N) is 1. The van der Waals surface area contributed by atoms with Crippen molar-refractivity contribution >= 4 is 35.0 Å². The van der Waals surface area contributed by atoms with Crippen LogP contribution in [0, 0.1) is 6.92 Å². The lowest BCUT2D eigenvalue weighted by atomic mass is 10.2. The molecule has 1 aromatic heterocycles. The van der Waals surface area contributed by atoms with E-state index >= 15 is 0 Å². The maximum absolute atomic E-state index is 12.6. The number of pyridine rings is 1. The molecular formula is C19H15ClN2OS. The Balaban J connectivity index is 1.83. The molecule has 0 radical (unpaired) electrons. The Morgan fingerprint density at radius 1 is 1.08 bits per heavy atom. The number of amides is 1. The molecule has 24 heavy (non-hydrogen) atoms. The SMILES string of the molecule is Cc1ccc(NC(=O)c2cccnc2Sc2cccc(Cl)c2)cc1. The third kappa shape index (κ3) is 4.16. The molecule has 0 saturated carbocycles. The number of anilines is 1. The van der Waals surface area contributed by atoms with E-state index in [0.29, 0.717) is 15.6 Å². The van der Waals surface area contributed by atoms with Crippen molar-refractivity contribution < 1.29 is 4.79 Å². The van der Waals surface area contributed by atoms with Crippen LogP contribution < -0.4 is 5.32 Å². The van der Waals surface area contributed by atoms with Gasteiger partial charge in [-0.15, -0.1) is 0 Å². The molecule has 0 unspecified atom stereocenters. The Morgan fingerprint density at radius 2 is 1.88 bits per heavy atom. The van der Waals surface area contributed by atoms with Gasteiger partial charge in [0.1, 0.15) is 5.03 Å². The van der Waals surface area contributed by atoms with Crippen LogP contribution in [-0.4, -0.2) is 10.9 Å². The van der Waals surface area contributed by atoms with Crippen molar-refractivity contribution in [3.8, 4) is 0 Å². The zero-order valence-corrected chi connectivity index (χ0v) is 14.6. The first-order valence-corrected chi connectivity index (χ1v) is 8.58. The van der Waals surface area contributed by atoms with Crippen LogP contribution in [0.3, 0.4) is 0 Å². The number of hydrogen-bond donors (Lipinski definition) is 1. The van der Waals surface area contributed by atoms with E-state index in [2.05, 4.69) is 10.3 Å². The molecule has 3 aromatic rings. The molecule has 2 aromatic carbocycles. The van der Waals surface area contributed by atoms with Crippen molar-refractivity contribution in [2.45, 2.75) is 16.8 Å². The minimum absolute atomic E-state index is 0.184. The van der Waals surface area contributed by atoms with Crippen molar-refractivity contribution in [3.63, 3.8) is 0 Å². The standard InChI is InChI=1S/C19H15ClN2OS/c1-13-7-9-15(10-8-13)22-18(23)17-6-3-11-21-19(17)24-16-5-2-4-14(20)12-16/h2-12H,1H3,(H,22,23). The largest absolute Gasteiger partial charge is 0.322 e. The fourth-order valence-electron chi connectivity index (χ4n) is 2.12. The molecule has 0 bridgehead atoms. The molecular weight excluding hydrogens is 340 g/mol. The van der Waals surface area contributed by atoms with Gasteiger partial charge < -0.3 is 5.32 Å². The number of benzene rings is 2. The summed E-state index contributed by atoms with van der Waals surface area (Å²) >= 11 is 7.43. The monoisotopic (exact) mass is 354 g/mol. The molecule has 0 fully saturated rings. The van der Waals surface area contributed by atoms with Crippen molar-refractivity contribution in [3.05, 3.63) is 83.0 Å². The van der Waals surface area contributed by atoms with Gasteiger partial charge in [-0.3, -0.25) is 4.79 Å². The molecule has 120 valence electrons. The van der Waals surface area contributed by atoms with Crippen LogP contribution in [-0.2, 0) is 0 Å². The van der Waals surface area contributed by atoms with E-state index < -0.39 is 0 Å². The average molecular weight is 355 g/mol. The predicted octanol–water partition coefficient (Wildman–Crippen LogP) is 5.45. The van der Waals surface area contributed by atoms with Gasteiger partial charge in [-0.1, -0.05) is 47.1 Å². The maximum Gasteiger partial charge on any atom is 0.258 e. The summed E-state index contributed by atoms with van der Waals surface area (Å²) in [5.41, 5.74) is 2.43. The molecule has 0 saturated heterocycles. The quantitative estimate of drug-likeness (QED) is 0.677. The van der Waals surface area contributed by atoms with Crippen LogP contribution in [0.15, 0.2) is 76.8 Å². The summed E-state index contributed by atoms with van der Waals surface area (Å²) in [5.74, 6) is -0.184. The number of nitrogens with zero attached hydrogens (tertiary/aromatic N) is 1. The first kappa shape index (κ1) is 16.6. The molecule has 0 aliphatic rings. The van der Waals surface area contributed by atoms with Crippen molar-refractivity contribution in [1.82, 2.24) is 4.98 Å². The molecule has 0 aliphatic carbocycles. The van der Waals surface area contributed by atoms with E-state index in [1.54, 1.807) is 18.3 Å². The number of carbonyl (C=O) groups excluding carboxylic acids is 1. The number of rotatable bonds is 4. The molecule has 3 nitrogen and oxygen atoms in total. The highest BCUT2D eigenvalue weighted by molar-refractivity contribution is 7.99. The highest BCUT2D eigenvalue weighted by atomic mass is 35.5. The smallest absolute Gasteiger partial charge is 0.258 e. The minimum atomic E-state index is -0.184. The zero-order chi connectivity index (χ0) is 16.9. The number of aromatic nitrogens is 1. The third-order valence-corrected chi connectivity index (χ3v) is 4.58. The summed E-state index contributed by atoms with van der Waals surface area (Å²) in [6.07, 6.45) is 1.68. The molecule has 5 heteroatoms. The number of carbonyl (C=O) groups is 1. The normalized spacial score (nSPS) is 10.4. The lowest BCUT2D eigenvalue weighted by Gasteiger charge is -2.09. The Morgan fingerprint density at radius 3 is 2.62 bits per heavy atom. The van der Waals surface area contributed by atoms with Gasteiger partial charge in [0.05, 0.1) is 5.56 Å². The Labute approximate surface area is 150 Å². The highest BCUT2D eigenvalue weighted by Crippen LogP contribution is 2.30. The molecule has 0 atom stereocenters. The predicted molar refractivity (Wildman–Crippen MR) is 98.9 cm³/mol. The third-order valence-electron chi connectivity index (χ3n) is 3.34. The van der Waals surface area contributed by atoms with Crippen LogP contribution in [0.25, 0.3) is 0 Å². The lowest BCUT2D eigenvalue weighted by molar-refractivity contribution is 0.102. The summed E-state index contributed by atoms with van der Waals surface area (Å²) < 4.78 is 0. The van der Waals surface area contributed by atoms with Gasteiger partial charge in [0.25, 0.3) is 5.91 Å². The highest BCUT2D eigenvalue weighted by Gasteiger charge is 2.14. The van der Waals surface area contributed by atoms with Gasteiger partial charge in [-0.2, -0.15) is 0 Å². The Hall–Kier alpha value is -2.30. The van der Waals surface area contributed by atoms with Crippen molar-refractivity contribution in [2.24, 2.45) is 0 Å². The van der Waals surface area contributed by atoms with Gasteiger partial charge >= 0.3 is 0 Å². The first-order chi connectivity index (χ1) is 11.6. The molecule has 3 rings (SSSR count). The molecule has 1 amide bonds. The number of hydrogen-bond acceptors (Lipinski definition) is 3. The summed E-state index contributed by atoms with van der Waals surface area (Å²) in [7, 11) is 0. The summed E-state index contributed by atoms with van der Waals surface area (Å²) in [6, 6.07) is 18.7. The van der Waals surface area contributed by atoms with Crippen LogP contribution >= 0.6 is 23.4 Å². The average Bonchev–Trinajstić information content (AvgIpc) is 2.57. The minimum Gasteiger partial charge on any atom is -0.322 e.